The van der Waals surface area contributed by atoms with E-state index >= 15 is 0 Å². The standard InChI is InChI=1S/C18H21BrN6S/c1-13(19)9-24-25(4)18(8-16(20-3)17-6-5-7-26-17)23-12-15-11-21-14(2)10-22-15/h5-11,23H,1,12H2,2-4H3/b18-8-,20-16+,24-9-. The highest BCUT2D eigenvalue weighted by atomic mass is 79.9. The van der Waals surface area contributed by atoms with Crippen LogP contribution < -0.4 is 5.32 Å². The molecule has 2 aromatic heterocycles. The van der Waals surface area contributed by atoms with Crippen LogP contribution in [0, 0.1) is 6.92 Å². The van der Waals surface area contributed by atoms with Crippen molar-refractivity contribution in [2.75, 3.05) is 14.1 Å². The molecule has 1 N–H and O–H groups in total. The predicted octanol–water partition coefficient (Wildman–Crippen LogP) is 3.72. The van der Waals surface area contributed by atoms with Crippen molar-refractivity contribution in [1.82, 2.24) is 20.3 Å². The number of aliphatic imine (C=N–C) groups is 1. The molecule has 0 bridgehead atoms. The molecule has 2 rings (SSSR count). The summed E-state index contributed by atoms with van der Waals surface area (Å²) in [5.41, 5.74) is 2.60. The monoisotopic (exact) mass is 432 g/mol. The summed E-state index contributed by atoms with van der Waals surface area (Å²) >= 11 is 4.92. The van der Waals surface area contributed by atoms with Crippen LogP contribution >= 0.6 is 27.3 Å². The number of aromatic nitrogens is 2. The Hall–Kier alpha value is -2.32. The highest BCUT2D eigenvalue weighted by Crippen LogP contribution is 2.13. The molecule has 0 aromatic carbocycles. The van der Waals surface area contributed by atoms with Crippen LogP contribution in [0.5, 0.6) is 0 Å². The maximum Gasteiger partial charge on any atom is 0.124 e. The van der Waals surface area contributed by atoms with Crippen molar-refractivity contribution in [2.45, 2.75) is 13.5 Å². The van der Waals surface area contributed by atoms with Crippen molar-refractivity contribution in [3.63, 3.8) is 0 Å². The molecule has 0 atom stereocenters. The van der Waals surface area contributed by atoms with Gasteiger partial charge in [0.15, 0.2) is 0 Å². The van der Waals surface area contributed by atoms with E-state index in [4.69, 9.17) is 0 Å². The third-order valence-corrected chi connectivity index (χ3v) is 4.39. The summed E-state index contributed by atoms with van der Waals surface area (Å²) < 4.78 is 0.691. The van der Waals surface area contributed by atoms with Gasteiger partial charge in [-0.15, -0.1) is 11.3 Å². The summed E-state index contributed by atoms with van der Waals surface area (Å²) in [6.45, 7) is 6.20. The molecule has 0 saturated carbocycles. The summed E-state index contributed by atoms with van der Waals surface area (Å²) in [5, 5.41) is 11.5. The number of hydrogen-bond donors (Lipinski definition) is 1. The quantitative estimate of drug-likeness (QED) is 0.509. The van der Waals surface area contributed by atoms with Crippen LogP contribution in [-0.2, 0) is 6.54 Å². The molecule has 0 amide bonds. The van der Waals surface area contributed by atoms with Gasteiger partial charge in [0, 0.05) is 30.9 Å². The zero-order valence-electron chi connectivity index (χ0n) is 15.0. The van der Waals surface area contributed by atoms with E-state index in [0.29, 0.717) is 11.0 Å². The molecule has 0 aliphatic carbocycles. The Morgan fingerprint density at radius 1 is 1.42 bits per heavy atom. The summed E-state index contributed by atoms with van der Waals surface area (Å²) in [4.78, 5) is 14.1. The zero-order chi connectivity index (χ0) is 18.9. The minimum absolute atomic E-state index is 0.523. The Balaban J connectivity index is 2.24. The Kier molecular flexibility index (Phi) is 7.68. The number of hydrazone groups is 1. The molecule has 26 heavy (non-hydrogen) atoms. The molecule has 6 nitrogen and oxygen atoms in total. The number of halogens is 1. The van der Waals surface area contributed by atoms with Crippen molar-refractivity contribution >= 4 is 39.2 Å². The van der Waals surface area contributed by atoms with E-state index in [9.17, 15) is 0 Å². The van der Waals surface area contributed by atoms with Gasteiger partial charge in [0.1, 0.15) is 5.82 Å². The van der Waals surface area contributed by atoms with Gasteiger partial charge in [-0.1, -0.05) is 12.6 Å². The van der Waals surface area contributed by atoms with E-state index in [-0.39, 0.29) is 0 Å². The lowest BCUT2D eigenvalue weighted by molar-refractivity contribution is 0.407. The largest absolute Gasteiger partial charge is 0.365 e. The van der Waals surface area contributed by atoms with Crippen LogP contribution in [0.25, 0.3) is 0 Å². The fourth-order valence-corrected chi connectivity index (χ4v) is 2.79. The number of aryl methyl sites for hydroxylation is 1. The van der Waals surface area contributed by atoms with Crippen LogP contribution in [0.1, 0.15) is 16.3 Å². The van der Waals surface area contributed by atoms with E-state index in [1.54, 1.807) is 42.0 Å². The average molecular weight is 433 g/mol. The zero-order valence-corrected chi connectivity index (χ0v) is 17.4. The van der Waals surface area contributed by atoms with Crippen molar-refractivity contribution in [1.29, 1.82) is 0 Å². The smallest absolute Gasteiger partial charge is 0.124 e. The second-order valence-corrected chi connectivity index (χ2v) is 7.30. The summed E-state index contributed by atoms with van der Waals surface area (Å²) in [6.07, 6.45) is 7.11. The van der Waals surface area contributed by atoms with E-state index in [2.05, 4.69) is 47.9 Å². The maximum absolute atomic E-state index is 4.39. The molecule has 2 aromatic rings. The molecule has 0 fully saturated rings. The fourth-order valence-electron chi connectivity index (χ4n) is 1.96. The SMILES string of the molecule is C=C(Br)/C=N\N(C)/C(=C\C(=N/C)c1cccs1)NCc1cnc(C)cn1. The van der Waals surface area contributed by atoms with Gasteiger partial charge in [0.25, 0.3) is 0 Å². The minimum Gasteiger partial charge on any atom is -0.365 e. The number of allylic oxidation sites excluding steroid dienone is 2. The molecule has 0 saturated heterocycles. The average Bonchev–Trinajstić information content (AvgIpc) is 3.15. The van der Waals surface area contributed by atoms with E-state index < -0.39 is 0 Å². The van der Waals surface area contributed by atoms with Gasteiger partial charge < -0.3 is 5.32 Å². The van der Waals surface area contributed by atoms with Gasteiger partial charge in [-0.05, 0) is 34.3 Å². The van der Waals surface area contributed by atoms with Crippen LogP contribution in [0.3, 0.4) is 0 Å². The van der Waals surface area contributed by atoms with E-state index in [0.717, 1.165) is 27.8 Å². The Bertz CT molecular complexity index is 809. The van der Waals surface area contributed by atoms with Gasteiger partial charge in [0.2, 0.25) is 0 Å². The van der Waals surface area contributed by atoms with Crippen molar-refractivity contribution in [3.05, 3.63) is 69.1 Å². The first-order chi connectivity index (χ1) is 12.5. The predicted molar refractivity (Wildman–Crippen MR) is 113 cm³/mol. The highest BCUT2D eigenvalue weighted by molar-refractivity contribution is 9.12. The first-order valence-electron chi connectivity index (χ1n) is 7.85. The normalized spacial score (nSPS) is 12.5. The Labute approximate surface area is 166 Å². The molecule has 8 heteroatoms. The van der Waals surface area contributed by atoms with Gasteiger partial charge in [0.05, 0.1) is 40.9 Å². The molecule has 2 heterocycles. The first-order valence-corrected chi connectivity index (χ1v) is 9.52. The Morgan fingerprint density at radius 3 is 2.81 bits per heavy atom. The third-order valence-electron chi connectivity index (χ3n) is 3.29. The van der Waals surface area contributed by atoms with Crippen LogP contribution in [0.4, 0.5) is 0 Å². The van der Waals surface area contributed by atoms with Gasteiger partial charge in [-0.25, -0.2) is 0 Å². The lowest BCUT2D eigenvalue weighted by atomic mass is 10.3. The molecule has 0 spiro atoms. The molecule has 0 unspecified atom stereocenters. The molecule has 0 radical (unpaired) electrons. The van der Waals surface area contributed by atoms with E-state index in [1.165, 1.54) is 0 Å². The van der Waals surface area contributed by atoms with Crippen LogP contribution in [0.15, 0.2) is 63.0 Å². The molecular weight excluding hydrogens is 412 g/mol. The fraction of sp³-hybridized carbons (Fsp3) is 0.222. The number of thiophene rings is 1. The summed E-state index contributed by atoms with van der Waals surface area (Å²) in [5.74, 6) is 0.784. The second kappa shape index (κ2) is 9.98. The maximum atomic E-state index is 4.39. The second-order valence-electron chi connectivity index (χ2n) is 5.33. The summed E-state index contributed by atoms with van der Waals surface area (Å²) in [7, 11) is 3.63. The molecule has 0 aliphatic rings. The van der Waals surface area contributed by atoms with Crippen molar-refractivity contribution < 1.29 is 0 Å². The van der Waals surface area contributed by atoms with Gasteiger partial charge in [-0.2, -0.15) is 5.10 Å². The number of nitrogens with zero attached hydrogens (tertiary/aromatic N) is 5. The number of hydrogen-bond acceptors (Lipinski definition) is 7. The number of nitrogens with one attached hydrogen (secondary N) is 1. The summed E-state index contributed by atoms with van der Waals surface area (Å²) in [6, 6.07) is 4.04. The molecule has 0 aliphatic heterocycles. The Morgan fingerprint density at radius 2 is 2.23 bits per heavy atom. The lowest BCUT2D eigenvalue weighted by Gasteiger charge is -2.19. The topological polar surface area (TPSA) is 65.8 Å². The molecule has 136 valence electrons. The lowest BCUT2D eigenvalue weighted by Crippen LogP contribution is -2.26. The molecular formula is C18H21BrN6S. The van der Waals surface area contributed by atoms with Crippen molar-refractivity contribution in [3.8, 4) is 0 Å². The third kappa shape index (κ3) is 6.20. The number of rotatable bonds is 8. The highest BCUT2D eigenvalue weighted by Gasteiger charge is 2.08. The first kappa shape index (κ1) is 20.0. The van der Waals surface area contributed by atoms with Gasteiger partial charge >= 0.3 is 0 Å². The van der Waals surface area contributed by atoms with Gasteiger partial charge in [-0.3, -0.25) is 20.0 Å². The van der Waals surface area contributed by atoms with Crippen molar-refractivity contribution in [2.24, 2.45) is 10.1 Å². The van der Waals surface area contributed by atoms with E-state index in [1.807, 2.05) is 37.6 Å². The minimum atomic E-state index is 0.523. The van der Waals surface area contributed by atoms with Crippen LogP contribution in [-0.4, -0.2) is 41.0 Å². The van der Waals surface area contributed by atoms with Crippen LogP contribution in [0.2, 0.25) is 0 Å².